The van der Waals surface area contributed by atoms with E-state index >= 15 is 0 Å². The highest BCUT2D eigenvalue weighted by atomic mass is 16.5. The van der Waals surface area contributed by atoms with Crippen LogP contribution in [0, 0.1) is 11.8 Å². The predicted molar refractivity (Wildman–Crippen MR) is 82.4 cm³/mol. The van der Waals surface area contributed by atoms with Crippen LogP contribution < -0.4 is 10.6 Å². The summed E-state index contributed by atoms with van der Waals surface area (Å²) in [4.78, 5) is 36.1. The number of rotatable bonds is 5. The minimum Gasteiger partial charge on any atom is -0.481 e. The fraction of sp³-hybridized carbons (Fsp3) is 0.600. The number of carboxylic acids is 1. The molecule has 4 atom stereocenters. The normalized spacial score (nSPS) is 27.9. The first-order chi connectivity index (χ1) is 11.5. The molecule has 2 aliphatic rings. The average molecular weight is 336 g/mol. The first-order valence-electron chi connectivity index (χ1n) is 7.95. The molecule has 0 aromatic carbocycles. The standard InChI is InChI=1S/C15H20N4O5/c1-3-19-6-7(12(18-19)14(21)16-2)17-13(20)10-8-4-5-9(24-8)11(10)15(22)23/h6,8-11H,3-5H2,1-2H3,(H,16,21)(H,17,20)(H,22,23). The molecule has 2 fully saturated rings. The summed E-state index contributed by atoms with van der Waals surface area (Å²) in [5, 5.41) is 18.7. The van der Waals surface area contributed by atoms with Crippen LogP contribution in [0.2, 0.25) is 0 Å². The molecule has 2 saturated heterocycles. The lowest BCUT2D eigenvalue weighted by Crippen LogP contribution is -2.41. The first kappa shape index (κ1) is 16.4. The summed E-state index contributed by atoms with van der Waals surface area (Å²) in [6.45, 7) is 2.39. The van der Waals surface area contributed by atoms with Crippen molar-refractivity contribution < 1.29 is 24.2 Å². The first-order valence-corrected chi connectivity index (χ1v) is 7.95. The molecule has 0 radical (unpaired) electrons. The number of carbonyl (C=O) groups excluding carboxylic acids is 2. The molecule has 0 spiro atoms. The molecule has 24 heavy (non-hydrogen) atoms. The summed E-state index contributed by atoms with van der Waals surface area (Å²) >= 11 is 0. The van der Waals surface area contributed by atoms with Crippen LogP contribution in [-0.4, -0.2) is 51.9 Å². The van der Waals surface area contributed by atoms with Crippen LogP contribution in [0.15, 0.2) is 6.20 Å². The molecule has 0 aliphatic carbocycles. The van der Waals surface area contributed by atoms with Crippen LogP contribution in [0.3, 0.4) is 0 Å². The summed E-state index contributed by atoms with van der Waals surface area (Å²) in [6.07, 6.45) is 2.08. The van der Waals surface area contributed by atoms with Gasteiger partial charge in [0.1, 0.15) is 0 Å². The number of anilines is 1. The van der Waals surface area contributed by atoms with Crippen molar-refractivity contribution >= 4 is 23.5 Å². The number of aromatic nitrogens is 2. The van der Waals surface area contributed by atoms with Gasteiger partial charge in [0, 0.05) is 19.8 Å². The molecule has 3 rings (SSSR count). The number of aryl methyl sites for hydroxylation is 1. The third kappa shape index (κ3) is 2.64. The van der Waals surface area contributed by atoms with E-state index in [2.05, 4.69) is 15.7 Å². The summed E-state index contributed by atoms with van der Waals surface area (Å²) in [5.74, 6) is -3.51. The fourth-order valence-corrected chi connectivity index (χ4v) is 3.50. The number of nitrogens with one attached hydrogen (secondary N) is 2. The van der Waals surface area contributed by atoms with Gasteiger partial charge in [-0.15, -0.1) is 0 Å². The number of ether oxygens (including phenoxy) is 1. The topological polar surface area (TPSA) is 123 Å². The molecule has 2 amide bonds. The van der Waals surface area contributed by atoms with Crippen LogP contribution in [-0.2, 0) is 20.9 Å². The largest absolute Gasteiger partial charge is 0.481 e. The van der Waals surface area contributed by atoms with Crippen molar-refractivity contribution in [2.24, 2.45) is 11.8 Å². The third-order valence-corrected chi connectivity index (χ3v) is 4.65. The van der Waals surface area contributed by atoms with Gasteiger partial charge in [-0.1, -0.05) is 0 Å². The second-order valence-electron chi connectivity index (χ2n) is 6.00. The monoisotopic (exact) mass is 336 g/mol. The maximum Gasteiger partial charge on any atom is 0.310 e. The highest BCUT2D eigenvalue weighted by Gasteiger charge is 2.55. The molecule has 0 saturated carbocycles. The van der Waals surface area contributed by atoms with E-state index in [9.17, 15) is 19.5 Å². The van der Waals surface area contributed by atoms with Crippen molar-refractivity contribution in [3.63, 3.8) is 0 Å². The molecule has 130 valence electrons. The fourth-order valence-electron chi connectivity index (χ4n) is 3.50. The Morgan fingerprint density at radius 1 is 1.33 bits per heavy atom. The number of carboxylic acid groups (broad SMARTS) is 1. The van der Waals surface area contributed by atoms with E-state index in [1.54, 1.807) is 6.20 Å². The molecule has 1 aromatic heterocycles. The van der Waals surface area contributed by atoms with Crippen molar-refractivity contribution in [1.82, 2.24) is 15.1 Å². The Balaban J connectivity index is 1.83. The number of hydrogen-bond donors (Lipinski definition) is 3. The number of nitrogens with zero attached hydrogens (tertiary/aromatic N) is 2. The van der Waals surface area contributed by atoms with Crippen LogP contribution >= 0.6 is 0 Å². The van der Waals surface area contributed by atoms with Crippen molar-refractivity contribution in [3.05, 3.63) is 11.9 Å². The Bertz CT molecular complexity index is 685. The van der Waals surface area contributed by atoms with Gasteiger partial charge in [0.05, 0.1) is 29.7 Å². The predicted octanol–water partition coefficient (Wildman–Crippen LogP) is 0.0793. The molecule has 4 unspecified atom stereocenters. The highest BCUT2D eigenvalue weighted by molar-refractivity contribution is 6.03. The molecular weight excluding hydrogens is 316 g/mol. The Labute approximate surface area is 138 Å². The SMILES string of the molecule is CCn1cc(NC(=O)C2C3CCC(O3)C2C(=O)O)c(C(=O)NC)n1. The molecule has 3 heterocycles. The number of carbonyl (C=O) groups is 3. The maximum atomic E-state index is 12.7. The Kier molecular flexibility index (Phi) is 4.27. The summed E-state index contributed by atoms with van der Waals surface area (Å²) in [5.41, 5.74) is 0.372. The van der Waals surface area contributed by atoms with E-state index in [1.165, 1.54) is 11.7 Å². The van der Waals surface area contributed by atoms with Crippen molar-refractivity contribution in [3.8, 4) is 0 Å². The Hall–Kier alpha value is -2.42. The van der Waals surface area contributed by atoms with Crippen LogP contribution in [0.5, 0.6) is 0 Å². The number of aliphatic carboxylic acids is 1. The maximum absolute atomic E-state index is 12.7. The van der Waals surface area contributed by atoms with Gasteiger partial charge in [0.25, 0.3) is 5.91 Å². The molecular formula is C15H20N4O5. The quantitative estimate of drug-likeness (QED) is 0.700. The van der Waals surface area contributed by atoms with E-state index in [-0.39, 0.29) is 17.5 Å². The minimum atomic E-state index is -1.03. The summed E-state index contributed by atoms with van der Waals surface area (Å²) in [7, 11) is 1.48. The number of fused-ring (bicyclic) bond motifs is 2. The van der Waals surface area contributed by atoms with Gasteiger partial charge in [-0.3, -0.25) is 19.1 Å². The third-order valence-electron chi connectivity index (χ3n) is 4.65. The van der Waals surface area contributed by atoms with Gasteiger partial charge in [0.2, 0.25) is 5.91 Å². The second-order valence-corrected chi connectivity index (χ2v) is 6.00. The van der Waals surface area contributed by atoms with Gasteiger partial charge >= 0.3 is 5.97 Å². The Morgan fingerprint density at radius 2 is 2.00 bits per heavy atom. The molecule has 9 nitrogen and oxygen atoms in total. The van der Waals surface area contributed by atoms with E-state index in [0.29, 0.717) is 19.4 Å². The lowest BCUT2D eigenvalue weighted by molar-refractivity contribution is -0.147. The molecule has 2 aliphatic heterocycles. The zero-order valence-electron chi connectivity index (χ0n) is 13.5. The zero-order valence-corrected chi connectivity index (χ0v) is 13.5. The minimum absolute atomic E-state index is 0.101. The van der Waals surface area contributed by atoms with Crippen molar-refractivity contribution in [1.29, 1.82) is 0 Å². The lowest BCUT2D eigenvalue weighted by atomic mass is 9.78. The number of hydrogen-bond acceptors (Lipinski definition) is 5. The summed E-state index contributed by atoms with van der Waals surface area (Å²) < 4.78 is 7.13. The number of amides is 2. The van der Waals surface area contributed by atoms with Crippen molar-refractivity contribution in [2.45, 2.75) is 38.5 Å². The molecule has 2 bridgehead atoms. The smallest absolute Gasteiger partial charge is 0.310 e. The second kappa shape index (κ2) is 6.23. The van der Waals surface area contributed by atoms with Crippen LogP contribution in [0.4, 0.5) is 5.69 Å². The van der Waals surface area contributed by atoms with Crippen molar-refractivity contribution in [2.75, 3.05) is 12.4 Å². The van der Waals surface area contributed by atoms with E-state index in [1.807, 2.05) is 6.92 Å². The van der Waals surface area contributed by atoms with E-state index in [4.69, 9.17) is 4.74 Å². The van der Waals surface area contributed by atoms with Crippen LogP contribution in [0.1, 0.15) is 30.3 Å². The van der Waals surface area contributed by atoms with E-state index < -0.39 is 35.7 Å². The van der Waals surface area contributed by atoms with Gasteiger partial charge in [-0.05, 0) is 19.8 Å². The zero-order chi connectivity index (χ0) is 17.4. The molecule has 1 aromatic rings. The van der Waals surface area contributed by atoms with Gasteiger partial charge in [-0.2, -0.15) is 5.10 Å². The summed E-state index contributed by atoms with van der Waals surface area (Å²) in [6, 6.07) is 0. The lowest BCUT2D eigenvalue weighted by Gasteiger charge is -2.23. The molecule has 3 N–H and O–H groups in total. The van der Waals surface area contributed by atoms with Gasteiger partial charge < -0.3 is 20.5 Å². The van der Waals surface area contributed by atoms with Gasteiger partial charge in [0.15, 0.2) is 5.69 Å². The van der Waals surface area contributed by atoms with Gasteiger partial charge in [-0.25, -0.2) is 0 Å². The average Bonchev–Trinajstić information content (AvgIpc) is 3.27. The van der Waals surface area contributed by atoms with Crippen LogP contribution in [0.25, 0.3) is 0 Å². The van der Waals surface area contributed by atoms with E-state index in [0.717, 1.165) is 0 Å². The Morgan fingerprint density at radius 3 is 2.58 bits per heavy atom. The molecule has 9 heteroatoms. The highest BCUT2D eigenvalue weighted by Crippen LogP contribution is 2.44.